The lowest BCUT2D eigenvalue weighted by Gasteiger charge is -2.11. The Morgan fingerprint density at radius 1 is 1.16 bits per heavy atom. The molecule has 1 heterocycles. The average Bonchev–Trinajstić information content (AvgIpc) is 3.30. The maximum Gasteiger partial charge on any atom is 0.374 e. The molecule has 1 fully saturated rings. The molecule has 130 valence electrons. The first-order chi connectivity index (χ1) is 12.0. The molecule has 0 saturated heterocycles. The van der Waals surface area contributed by atoms with Gasteiger partial charge in [0.1, 0.15) is 5.76 Å². The highest BCUT2D eigenvalue weighted by Gasteiger charge is 2.25. The van der Waals surface area contributed by atoms with E-state index in [0.717, 1.165) is 12.8 Å². The number of rotatable bonds is 6. The molecule has 7 nitrogen and oxygen atoms in total. The molecule has 0 bridgehead atoms. The predicted molar refractivity (Wildman–Crippen MR) is 89.3 cm³/mol. The molecule has 1 aromatic heterocycles. The van der Waals surface area contributed by atoms with Gasteiger partial charge in [0.2, 0.25) is 5.76 Å². The maximum absolute atomic E-state index is 12.2. The number of esters is 1. The van der Waals surface area contributed by atoms with Gasteiger partial charge in [-0.2, -0.15) is 0 Å². The van der Waals surface area contributed by atoms with E-state index in [1.165, 1.54) is 6.07 Å². The molecule has 2 aromatic rings. The third-order valence-corrected chi connectivity index (χ3v) is 3.63. The minimum Gasteiger partial charge on any atom is -0.454 e. The van der Waals surface area contributed by atoms with Crippen LogP contribution in [-0.2, 0) is 9.53 Å². The van der Waals surface area contributed by atoms with Crippen molar-refractivity contribution in [2.75, 3.05) is 11.9 Å². The minimum absolute atomic E-state index is 0.0366. The fourth-order valence-corrected chi connectivity index (χ4v) is 2.21. The smallest absolute Gasteiger partial charge is 0.374 e. The molecule has 25 heavy (non-hydrogen) atoms. The number of furan rings is 1. The van der Waals surface area contributed by atoms with Gasteiger partial charge in [0, 0.05) is 6.04 Å². The Hall–Kier alpha value is -3.09. The van der Waals surface area contributed by atoms with Crippen LogP contribution in [0.15, 0.2) is 40.8 Å². The number of benzene rings is 1. The number of carbonyl (C=O) groups is 3. The molecular weight excluding hydrogens is 324 g/mol. The normalized spacial score (nSPS) is 13.2. The van der Waals surface area contributed by atoms with E-state index in [9.17, 15) is 14.4 Å². The summed E-state index contributed by atoms with van der Waals surface area (Å²) in [5.74, 6) is -0.880. The van der Waals surface area contributed by atoms with Crippen LogP contribution in [0.3, 0.4) is 0 Å². The van der Waals surface area contributed by atoms with Crippen LogP contribution in [-0.4, -0.2) is 30.4 Å². The molecule has 7 heteroatoms. The van der Waals surface area contributed by atoms with Crippen molar-refractivity contribution in [3.8, 4) is 0 Å². The number of anilines is 1. The Morgan fingerprint density at radius 3 is 2.60 bits per heavy atom. The van der Waals surface area contributed by atoms with Gasteiger partial charge < -0.3 is 19.8 Å². The van der Waals surface area contributed by atoms with Crippen LogP contribution in [0.2, 0.25) is 0 Å². The first-order valence-electron chi connectivity index (χ1n) is 7.96. The van der Waals surface area contributed by atoms with Crippen molar-refractivity contribution in [2.24, 2.45) is 0 Å². The highest BCUT2D eigenvalue weighted by molar-refractivity contribution is 6.04. The van der Waals surface area contributed by atoms with Crippen molar-refractivity contribution in [3.05, 3.63) is 53.5 Å². The van der Waals surface area contributed by atoms with Crippen LogP contribution >= 0.6 is 0 Å². The third-order valence-electron chi connectivity index (χ3n) is 3.63. The first-order valence-corrected chi connectivity index (χ1v) is 7.96. The molecule has 3 rings (SSSR count). The van der Waals surface area contributed by atoms with Gasteiger partial charge in [-0.25, -0.2) is 4.79 Å². The highest BCUT2D eigenvalue weighted by atomic mass is 16.5. The molecule has 2 amide bonds. The molecule has 0 aliphatic heterocycles. The molecule has 0 atom stereocenters. The molecule has 1 aliphatic rings. The molecular formula is C18H18N2O5. The van der Waals surface area contributed by atoms with E-state index in [0.29, 0.717) is 17.0 Å². The summed E-state index contributed by atoms with van der Waals surface area (Å²) >= 11 is 0. The van der Waals surface area contributed by atoms with Gasteiger partial charge in [0.15, 0.2) is 6.61 Å². The highest BCUT2D eigenvalue weighted by Crippen LogP contribution is 2.21. The van der Waals surface area contributed by atoms with E-state index in [-0.39, 0.29) is 17.7 Å². The molecule has 2 N–H and O–H groups in total. The number of para-hydroxylation sites is 1. The van der Waals surface area contributed by atoms with E-state index in [1.807, 2.05) is 0 Å². The number of amides is 2. The van der Waals surface area contributed by atoms with Crippen LogP contribution in [0, 0.1) is 6.92 Å². The summed E-state index contributed by atoms with van der Waals surface area (Å²) in [6.45, 7) is 1.23. The second-order valence-corrected chi connectivity index (χ2v) is 5.83. The number of hydrogen-bond acceptors (Lipinski definition) is 5. The van der Waals surface area contributed by atoms with Crippen LogP contribution in [0.5, 0.6) is 0 Å². The largest absolute Gasteiger partial charge is 0.454 e. The van der Waals surface area contributed by atoms with Gasteiger partial charge in [-0.05, 0) is 44.0 Å². The van der Waals surface area contributed by atoms with Crippen molar-refractivity contribution < 1.29 is 23.5 Å². The van der Waals surface area contributed by atoms with Crippen LogP contribution in [0.4, 0.5) is 5.69 Å². The summed E-state index contributed by atoms with van der Waals surface area (Å²) in [5, 5.41) is 5.46. The van der Waals surface area contributed by atoms with Gasteiger partial charge >= 0.3 is 5.97 Å². The van der Waals surface area contributed by atoms with Crippen molar-refractivity contribution in [3.63, 3.8) is 0 Å². The zero-order valence-corrected chi connectivity index (χ0v) is 13.7. The number of carbonyl (C=O) groups excluding carboxylic acids is 3. The Labute approximate surface area is 144 Å². The SMILES string of the molecule is Cc1ccc(C(=O)OCC(=O)Nc2ccccc2C(=O)NC2CC2)o1. The number of ether oxygens (including phenoxy) is 1. The maximum atomic E-state index is 12.2. The van der Waals surface area contributed by atoms with Gasteiger partial charge in [0.25, 0.3) is 11.8 Å². The van der Waals surface area contributed by atoms with E-state index in [1.54, 1.807) is 37.3 Å². The molecule has 1 aliphatic carbocycles. The Kier molecular flexibility index (Phi) is 4.83. The molecule has 1 aromatic carbocycles. The van der Waals surface area contributed by atoms with E-state index in [2.05, 4.69) is 10.6 Å². The molecule has 0 radical (unpaired) electrons. The van der Waals surface area contributed by atoms with Crippen molar-refractivity contribution in [1.29, 1.82) is 0 Å². The van der Waals surface area contributed by atoms with Crippen LogP contribution in [0.1, 0.15) is 39.5 Å². The molecule has 0 spiro atoms. The second-order valence-electron chi connectivity index (χ2n) is 5.83. The van der Waals surface area contributed by atoms with Crippen LogP contribution < -0.4 is 10.6 Å². The number of nitrogens with one attached hydrogen (secondary N) is 2. The van der Waals surface area contributed by atoms with E-state index >= 15 is 0 Å². The summed E-state index contributed by atoms with van der Waals surface area (Å²) in [6.07, 6.45) is 1.95. The summed E-state index contributed by atoms with van der Waals surface area (Å²) in [7, 11) is 0. The van der Waals surface area contributed by atoms with E-state index in [4.69, 9.17) is 9.15 Å². The Morgan fingerprint density at radius 2 is 1.92 bits per heavy atom. The fourth-order valence-electron chi connectivity index (χ4n) is 2.21. The fraction of sp³-hybridized carbons (Fsp3) is 0.278. The molecule has 1 saturated carbocycles. The van der Waals surface area contributed by atoms with Gasteiger partial charge in [0.05, 0.1) is 11.3 Å². The standard InChI is InChI=1S/C18H18N2O5/c1-11-6-9-15(25-11)18(23)24-10-16(21)20-14-5-3-2-4-13(14)17(22)19-12-7-8-12/h2-6,9,12H,7-8,10H2,1H3,(H,19,22)(H,20,21). The summed E-state index contributed by atoms with van der Waals surface area (Å²) < 4.78 is 10.0. The Bertz CT molecular complexity index is 807. The van der Waals surface area contributed by atoms with Gasteiger partial charge in [-0.1, -0.05) is 12.1 Å². The monoisotopic (exact) mass is 342 g/mol. The minimum atomic E-state index is -0.719. The molecule has 0 unspecified atom stereocenters. The lowest BCUT2D eigenvalue weighted by atomic mass is 10.1. The van der Waals surface area contributed by atoms with Crippen LogP contribution in [0.25, 0.3) is 0 Å². The first kappa shape index (κ1) is 16.8. The quantitative estimate of drug-likeness (QED) is 0.785. The van der Waals surface area contributed by atoms with Crippen molar-refractivity contribution >= 4 is 23.5 Å². The zero-order valence-electron chi connectivity index (χ0n) is 13.7. The van der Waals surface area contributed by atoms with E-state index < -0.39 is 18.5 Å². The summed E-state index contributed by atoms with van der Waals surface area (Å²) in [4.78, 5) is 36.0. The number of hydrogen-bond donors (Lipinski definition) is 2. The average molecular weight is 342 g/mol. The second kappa shape index (κ2) is 7.21. The van der Waals surface area contributed by atoms with Gasteiger partial charge in [-0.15, -0.1) is 0 Å². The lowest BCUT2D eigenvalue weighted by molar-refractivity contribution is -0.119. The van der Waals surface area contributed by atoms with Crippen molar-refractivity contribution in [2.45, 2.75) is 25.8 Å². The van der Waals surface area contributed by atoms with Gasteiger partial charge in [-0.3, -0.25) is 9.59 Å². The van der Waals surface area contributed by atoms with Crippen molar-refractivity contribution in [1.82, 2.24) is 5.32 Å². The number of aryl methyl sites for hydroxylation is 1. The predicted octanol–water partition coefficient (Wildman–Crippen LogP) is 2.28. The zero-order chi connectivity index (χ0) is 17.8. The summed E-state index contributed by atoms with van der Waals surface area (Å²) in [6, 6.07) is 10.0. The topological polar surface area (TPSA) is 97.6 Å². The summed E-state index contributed by atoms with van der Waals surface area (Å²) in [5.41, 5.74) is 0.742. The lowest BCUT2D eigenvalue weighted by Crippen LogP contribution is -2.27. The third kappa shape index (κ3) is 4.47. The Balaban J connectivity index is 1.57.